The van der Waals surface area contributed by atoms with Gasteiger partial charge in [0.25, 0.3) is 0 Å². The first-order valence-corrected chi connectivity index (χ1v) is 12.6. The number of carbonyl (C=O) groups is 3. The first-order valence-electron chi connectivity index (χ1n) is 12.2. The summed E-state index contributed by atoms with van der Waals surface area (Å²) in [5, 5.41) is 4.59. The number of carbonyl (C=O) groups excluding carboxylic acids is 3. The third-order valence-electron chi connectivity index (χ3n) is 5.61. The quantitative estimate of drug-likeness (QED) is 0.262. The number of alkyl halides is 3. The summed E-state index contributed by atoms with van der Waals surface area (Å²) in [5.41, 5.74) is -0.231. The average Bonchev–Trinajstić information content (AvgIpc) is 3.13. The van der Waals surface area contributed by atoms with E-state index in [-0.39, 0.29) is 22.2 Å². The molecule has 0 radical (unpaired) electrons. The van der Waals surface area contributed by atoms with Crippen LogP contribution < -0.4 is 10.6 Å². The molecule has 1 saturated carbocycles. The zero-order valence-electron chi connectivity index (χ0n) is 22.3. The van der Waals surface area contributed by atoms with Crippen LogP contribution in [0, 0.1) is 5.41 Å². The Bertz CT molecular complexity index is 1010. The number of aromatic nitrogens is 1. The number of nitrogens with zero attached hydrogens (tertiary/aromatic N) is 1. The molecule has 0 aromatic carbocycles. The van der Waals surface area contributed by atoms with Gasteiger partial charge in [-0.3, -0.25) is 5.32 Å². The van der Waals surface area contributed by atoms with Crippen LogP contribution in [0.3, 0.4) is 0 Å². The standard InChI is InChI=1S/C25H35ClF3N3O6/c1-14(11-25(27,28)29)31-20(33)36-17-8-7-15(9-17)16-10-18(26)19(30-12-16)32-21(34)37-22(35)38-24(5,6)13-23(2,3)4/h10,12,14-15,17H,7-9,11,13H2,1-6H3,(H,31,33)(H,30,32,34)/t14-,15?,17?/m0/s1. The molecule has 1 aromatic rings. The van der Waals surface area contributed by atoms with Gasteiger partial charge in [0.1, 0.15) is 11.7 Å². The highest BCUT2D eigenvalue weighted by Gasteiger charge is 2.33. The van der Waals surface area contributed by atoms with Crippen molar-refractivity contribution in [1.29, 1.82) is 0 Å². The fourth-order valence-corrected chi connectivity index (χ4v) is 4.88. The minimum Gasteiger partial charge on any atom is -0.446 e. The van der Waals surface area contributed by atoms with Crippen molar-refractivity contribution >= 4 is 35.8 Å². The number of hydrogen-bond donors (Lipinski definition) is 2. The molecule has 0 saturated heterocycles. The first-order chi connectivity index (χ1) is 17.3. The molecule has 0 spiro atoms. The van der Waals surface area contributed by atoms with E-state index in [4.69, 9.17) is 21.1 Å². The normalized spacial score (nSPS) is 18.9. The van der Waals surface area contributed by atoms with Crippen LogP contribution in [0.5, 0.6) is 0 Å². The summed E-state index contributed by atoms with van der Waals surface area (Å²) in [6.45, 7) is 10.7. The van der Waals surface area contributed by atoms with Crippen molar-refractivity contribution in [2.24, 2.45) is 5.41 Å². The highest BCUT2D eigenvalue weighted by molar-refractivity contribution is 6.33. The highest BCUT2D eigenvalue weighted by Crippen LogP contribution is 2.37. The Labute approximate surface area is 225 Å². The lowest BCUT2D eigenvalue weighted by atomic mass is 9.84. The van der Waals surface area contributed by atoms with E-state index in [1.807, 2.05) is 20.8 Å². The summed E-state index contributed by atoms with van der Waals surface area (Å²) in [6.07, 6.45) is -5.55. The summed E-state index contributed by atoms with van der Waals surface area (Å²) in [4.78, 5) is 40.2. The molecule has 13 heteroatoms. The van der Waals surface area contributed by atoms with Gasteiger partial charge in [0.2, 0.25) is 0 Å². The maximum Gasteiger partial charge on any atom is 0.517 e. The second-order valence-electron chi connectivity index (χ2n) is 11.4. The Kier molecular flexibility index (Phi) is 10.3. The van der Waals surface area contributed by atoms with Crippen molar-refractivity contribution in [2.75, 3.05) is 5.32 Å². The van der Waals surface area contributed by atoms with Gasteiger partial charge in [-0.1, -0.05) is 32.4 Å². The molecule has 1 aliphatic carbocycles. The van der Waals surface area contributed by atoms with Crippen LogP contribution in [0.25, 0.3) is 0 Å². The number of rotatable bonds is 7. The number of alkyl carbamates (subject to hydrolysis) is 1. The monoisotopic (exact) mass is 565 g/mol. The van der Waals surface area contributed by atoms with Gasteiger partial charge in [-0.15, -0.1) is 0 Å². The van der Waals surface area contributed by atoms with Crippen LogP contribution in [0.4, 0.5) is 33.4 Å². The molecule has 1 fully saturated rings. The van der Waals surface area contributed by atoms with Crippen LogP contribution in [0.15, 0.2) is 12.3 Å². The van der Waals surface area contributed by atoms with Gasteiger partial charge < -0.3 is 19.5 Å². The minimum absolute atomic E-state index is 0.0222. The Morgan fingerprint density at radius 2 is 1.79 bits per heavy atom. The van der Waals surface area contributed by atoms with E-state index in [0.717, 1.165) is 5.56 Å². The molecule has 2 amide bonds. The molecular formula is C25H35ClF3N3O6. The summed E-state index contributed by atoms with van der Waals surface area (Å²) in [7, 11) is 0. The fraction of sp³-hybridized carbons (Fsp3) is 0.680. The Hall–Kier alpha value is -2.76. The average molecular weight is 566 g/mol. The minimum atomic E-state index is -4.39. The number of amides is 2. The maximum absolute atomic E-state index is 12.4. The van der Waals surface area contributed by atoms with Crippen LogP contribution in [-0.4, -0.2) is 47.2 Å². The molecule has 3 atom stereocenters. The predicted molar refractivity (Wildman–Crippen MR) is 134 cm³/mol. The zero-order valence-corrected chi connectivity index (χ0v) is 23.1. The van der Waals surface area contributed by atoms with E-state index in [9.17, 15) is 27.6 Å². The number of pyridine rings is 1. The molecule has 2 N–H and O–H groups in total. The van der Waals surface area contributed by atoms with Gasteiger partial charge in [0, 0.05) is 12.2 Å². The Balaban J connectivity index is 1.86. The predicted octanol–water partition coefficient (Wildman–Crippen LogP) is 7.34. The van der Waals surface area contributed by atoms with Gasteiger partial charge in [-0.05, 0) is 69.4 Å². The van der Waals surface area contributed by atoms with Gasteiger partial charge in [-0.25, -0.2) is 19.4 Å². The van der Waals surface area contributed by atoms with E-state index < -0.39 is 48.7 Å². The van der Waals surface area contributed by atoms with Crippen molar-refractivity contribution in [2.45, 2.75) is 103 Å². The number of nitrogens with one attached hydrogen (secondary N) is 2. The van der Waals surface area contributed by atoms with Crippen molar-refractivity contribution in [3.05, 3.63) is 22.8 Å². The van der Waals surface area contributed by atoms with E-state index in [0.29, 0.717) is 25.7 Å². The highest BCUT2D eigenvalue weighted by atomic mass is 35.5. The Morgan fingerprint density at radius 3 is 2.37 bits per heavy atom. The SMILES string of the molecule is C[C@@H](CC(F)(F)F)NC(=O)OC1CCC(c2cnc(NC(=O)OC(=O)OC(C)(C)CC(C)(C)C)c(Cl)c2)C1. The lowest BCUT2D eigenvalue weighted by Gasteiger charge is -2.31. The van der Waals surface area contributed by atoms with Crippen molar-refractivity contribution < 1.29 is 41.8 Å². The molecule has 38 heavy (non-hydrogen) atoms. The molecule has 9 nitrogen and oxygen atoms in total. The molecule has 1 aliphatic rings. The summed E-state index contributed by atoms with van der Waals surface area (Å²) in [5.74, 6) is -0.0857. The van der Waals surface area contributed by atoms with Crippen LogP contribution in [-0.2, 0) is 14.2 Å². The van der Waals surface area contributed by atoms with Crippen LogP contribution in [0.1, 0.15) is 85.1 Å². The van der Waals surface area contributed by atoms with Crippen LogP contribution in [0.2, 0.25) is 5.02 Å². The number of hydrogen-bond acceptors (Lipinski definition) is 7. The van der Waals surface area contributed by atoms with Crippen molar-refractivity contribution in [3.8, 4) is 0 Å². The van der Waals surface area contributed by atoms with E-state index in [2.05, 4.69) is 20.4 Å². The summed E-state index contributed by atoms with van der Waals surface area (Å²) < 4.78 is 52.5. The van der Waals surface area contributed by atoms with Crippen molar-refractivity contribution in [1.82, 2.24) is 10.3 Å². The second kappa shape index (κ2) is 12.4. The van der Waals surface area contributed by atoms with E-state index in [1.54, 1.807) is 19.9 Å². The lowest BCUT2D eigenvalue weighted by molar-refractivity contribution is -0.138. The van der Waals surface area contributed by atoms with Gasteiger partial charge in [0.05, 0.1) is 11.4 Å². The molecular weight excluding hydrogens is 531 g/mol. The van der Waals surface area contributed by atoms with Crippen molar-refractivity contribution in [3.63, 3.8) is 0 Å². The fourth-order valence-electron chi connectivity index (χ4n) is 4.66. The molecule has 2 unspecified atom stereocenters. The topological polar surface area (TPSA) is 116 Å². The third-order valence-corrected chi connectivity index (χ3v) is 5.89. The molecule has 214 valence electrons. The number of ether oxygens (including phenoxy) is 3. The van der Waals surface area contributed by atoms with Gasteiger partial charge in [0.15, 0.2) is 5.82 Å². The number of anilines is 1. The smallest absolute Gasteiger partial charge is 0.446 e. The second-order valence-corrected chi connectivity index (χ2v) is 11.8. The molecule has 0 aliphatic heterocycles. The van der Waals surface area contributed by atoms with E-state index in [1.165, 1.54) is 13.1 Å². The van der Waals surface area contributed by atoms with Crippen LogP contribution >= 0.6 is 11.6 Å². The Morgan fingerprint density at radius 1 is 1.13 bits per heavy atom. The maximum atomic E-state index is 12.4. The lowest BCUT2D eigenvalue weighted by Crippen LogP contribution is -2.37. The zero-order chi connectivity index (χ0) is 28.9. The number of halogens is 4. The summed E-state index contributed by atoms with van der Waals surface area (Å²) in [6, 6.07) is 0.485. The first kappa shape index (κ1) is 31.5. The third kappa shape index (κ3) is 11.3. The molecule has 1 aromatic heterocycles. The van der Waals surface area contributed by atoms with Gasteiger partial charge in [-0.2, -0.15) is 13.2 Å². The van der Waals surface area contributed by atoms with Gasteiger partial charge >= 0.3 is 24.5 Å². The largest absolute Gasteiger partial charge is 0.517 e. The molecule has 0 bridgehead atoms. The molecule has 1 heterocycles. The summed E-state index contributed by atoms with van der Waals surface area (Å²) >= 11 is 6.26. The van der Waals surface area contributed by atoms with E-state index >= 15 is 0 Å². The molecule has 2 rings (SSSR count).